The molecule has 0 unspecified atom stereocenters. The van der Waals surface area contributed by atoms with Crippen LogP contribution in [0.15, 0.2) is 158 Å². The second-order valence-corrected chi connectivity index (χ2v) is 12.8. The van der Waals surface area contributed by atoms with Crippen molar-refractivity contribution in [2.75, 3.05) is 9.80 Å². The van der Waals surface area contributed by atoms with Crippen molar-refractivity contribution in [1.82, 2.24) is 0 Å². The third-order valence-electron chi connectivity index (χ3n) is 9.45. The Morgan fingerprint density at radius 1 is 0.367 bits per heavy atom. The summed E-state index contributed by atoms with van der Waals surface area (Å²) in [6, 6.07) is 58.6. The zero-order valence-corrected chi connectivity index (χ0v) is 27.9. The maximum Gasteiger partial charge on any atom is 0.0991 e. The van der Waals surface area contributed by atoms with Gasteiger partial charge in [-0.2, -0.15) is 5.26 Å². The van der Waals surface area contributed by atoms with Crippen LogP contribution in [-0.2, 0) is 0 Å². The van der Waals surface area contributed by atoms with E-state index in [0.717, 1.165) is 39.5 Å². The highest BCUT2D eigenvalue weighted by Gasteiger charge is 2.22. The Labute approximate surface area is 287 Å². The lowest BCUT2D eigenvalue weighted by atomic mass is 9.93. The second kappa shape index (κ2) is 12.3. The first-order valence-corrected chi connectivity index (χ1v) is 16.7. The number of hydrogen-bond donors (Lipinski definition) is 0. The molecular weight excluding hydrogens is 595 g/mol. The highest BCUT2D eigenvalue weighted by molar-refractivity contribution is 6.24. The minimum atomic E-state index is 0.640. The molecule has 0 fully saturated rings. The van der Waals surface area contributed by atoms with Gasteiger partial charge in [-0.05, 0) is 115 Å². The number of aryl methyl sites for hydroxylation is 3. The topological polar surface area (TPSA) is 30.3 Å². The molecule has 0 saturated carbocycles. The molecule has 0 aliphatic heterocycles. The van der Waals surface area contributed by atoms with Crippen molar-refractivity contribution in [3.63, 3.8) is 0 Å². The molecular formula is C46H35N3. The van der Waals surface area contributed by atoms with Crippen LogP contribution >= 0.6 is 0 Å². The molecule has 0 saturated heterocycles. The molecule has 234 valence electrons. The van der Waals surface area contributed by atoms with Gasteiger partial charge in [0.1, 0.15) is 0 Å². The van der Waals surface area contributed by atoms with Gasteiger partial charge in [-0.25, -0.2) is 0 Å². The van der Waals surface area contributed by atoms with E-state index >= 15 is 0 Å². The minimum absolute atomic E-state index is 0.640. The lowest BCUT2D eigenvalue weighted by molar-refractivity contribution is 1.28. The summed E-state index contributed by atoms with van der Waals surface area (Å²) in [6.07, 6.45) is 0. The maximum atomic E-state index is 9.56. The molecule has 0 radical (unpaired) electrons. The molecule has 0 aromatic heterocycles. The van der Waals surface area contributed by atoms with Crippen LogP contribution in [0.5, 0.6) is 0 Å². The smallest absolute Gasteiger partial charge is 0.0991 e. The summed E-state index contributed by atoms with van der Waals surface area (Å²) in [4.78, 5) is 4.70. The fraction of sp³-hybridized carbons (Fsp3) is 0.0652. The molecule has 8 aromatic carbocycles. The summed E-state index contributed by atoms with van der Waals surface area (Å²) in [5, 5.41) is 16.6. The van der Waals surface area contributed by atoms with E-state index in [2.05, 4.69) is 170 Å². The van der Waals surface area contributed by atoms with Gasteiger partial charge in [0.25, 0.3) is 0 Å². The van der Waals surface area contributed by atoms with Gasteiger partial charge in [-0.15, -0.1) is 0 Å². The number of rotatable bonds is 6. The fourth-order valence-electron chi connectivity index (χ4n) is 6.90. The lowest BCUT2D eigenvalue weighted by Crippen LogP contribution is -2.12. The summed E-state index contributed by atoms with van der Waals surface area (Å²) >= 11 is 0. The average molecular weight is 630 g/mol. The number of benzene rings is 8. The summed E-state index contributed by atoms with van der Waals surface area (Å²) < 4.78 is 0. The summed E-state index contributed by atoms with van der Waals surface area (Å²) in [5.41, 5.74) is 10.8. The van der Waals surface area contributed by atoms with Crippen molar-refractivity contribution in [1.29, 1.82) is 5.26 Å². The van der Waals surface area contributed by atoms with Crippen molar-refractivity contribution < 1.29 is 0 Å². The molecule has 3 heteroatoms. The van der Waals surface area contributed by atoms with Crippen LogP contribution < -0.4 is 9.80 Å². The van der Waals surface area contributed by atoms with Crippen LogP contribution in [-0.4, -0.2) is 0 Å². The number of hydrogen-bond acceptors (Lipinski definition) is 3. The Morgan fingerprint density at radius 2 is 0.673 bits per heavy atom. The second-order valence-electron chi connectivity index (χ2n) is 12.8. The molecule has 0 aliphatic rings. The zero-order valence-electron chi connectivity index (χ0n) is 27.9. The van der Waals surface area contributed by atoms with Crippen molar-refractivity contribution in [3.8, 4) is 6.07 Å². The largest absolute Gasteiger partial charge is 0.310 e. The monoisotopic (exact) mass is 629 g/mol. The Balaban J connectivity index is 1.45. The van der Waals surface area contributed by atoms with Crippen LogP contribution in [0.3, 0.4) is 0 Å². The van der Waals surface area contributed by atoms with E-state index in [1.807, 2.05) is 24.3 Å². The number of anilines is 6. The van der Waals surface area contributed by atoms with Gasteiger partial charge in [0, 0.05) is 33.5 Å². The van der Waals surface area contributed by atoms with E-state index in [1.54, 1.807) is 0 Å². The standard InChI is InChI=1S/C46H35N3/c1-31-12-20-35(21-13-31)48(36-22-14-32(2)15-23-36)45-28-43-40-9-5-7-11-42(40)46(29-44(43)39-8-4-6-10-41(39)45)49(37-24-16-33(3)17-25-37)38-26-18-34(30-47)19-27-38/h4-29H,1-3H3. The van der Waals surface area contributed by atoms with Crippen LogP contribution in [0.4, 0.5) is 34.1 Å². The van der Waals surface area contributed by atoms with Gasteiger partial charge in [0.2, 0.25) is 0 Å². The first-order valence-electron chi connectivity index (χ1n) is 16.7. The van der Waals surface area contributed by atoms with Crippen molar-refractivity contribution in [3.05, 3.63) is 180 Å². The molecule has 0 bridgehead atoms. The highest BCUT2D eigenvalue weighted by atomic mass is 15.1. The normalized spacial score (nSPS) is 11.1. The average Bonchev–Trinajstić information content (AvgIpc) is 3.14. The minimum Gasteiger partial charge on any atom is -0.310 e. The molecule has 0 spiro atoms. The Hall–Kier alpha value is -6.37. The van der Waals surface area contributed by atoms with Crippen LogP contribution in [0.25, 0.3) is 32.3 Å². The van der Waals surface area contributed by atoms with E-state index in [1.165, 1.54) is 43.6 Å². The maximum absolute atomic E-state index is 9.56. The SMILES string of the molecule is Cc1ccc(N(c2ccc(C)cc2)c2cc3c4ccccc4c(N(c4ccc(C)cc4)c4ccc(C#N)cc4)cc3c3ccccc23)cc1. The molecule has 49 heavy (non-hydrogen) atoms. The van der Waals surface area contributed by atoms with Crippen LogP contribution in [0.2, 0.25) is 0 Å². The van der Waals surface area contributed by atoms with Crippen LogP contribution in [0, 0.1) is 32.1 Å². The first kappa shape index (κ1) is 30.0. The van der Waals surface area contributed by atoms with Gasteiger partial charge >= 0.3 is 0 Å². The van der Waals surface area contributed by atoms with E-state index < -0.39 is 0 Å². The van der Waals surface area contributed by atoms with Gasteiger partial charge in [-0.3, -0.25) is 0 Å². The summed E-state index contributed by atoms with van der Waals surface area (Å²) in [5.74, 6) is 0. The Kier molecular flexibility index (Phi) is 7.55. The van der Waals surface area contributed by atoms with Crippen LogP contribution in [0.1, 0.15) is 22.3 Å². The van der Waals surface area contributed by atoms with E-state index in [4.69, 9.17) is 0 Å². The van der Waals surface area contributed by atoms with Crippen molar-refractivity contribution in [2.24, 2.45) is 0 Å². The predicted octanol–water partition coefficient (Wildman–Crippen LogP) is 12.9. The summed E-state index contributed by atoms with van der Waals surface area (Å²) in [7, 11) is 0. The van der Waals surface area contributed by atoms with Gasteiger partial charge in [0.05, 0.1) is 23.0 Å². The van der Waals surface area contributed by atoms with E-state index in [0.29, 0.717) is 5.56 Å². The quantitative estimate of drug-likeness (QED) is 0.171. The predicted molar refractivity (Wildman–Crippen MR) is 207 cm³/mol. The molecule has 8 aromatic rings. The lowest BCUT2D eigenvalue weighted by Gasteiger charge is -2.30. The van der Waals surface area contributed by atoms with E-state index in [9.17, 15) is 5.26 Å². The number of nitrogens with zero attached hydrogens (tertiary/aromatic N) is 3. The number of fused-ring (bicyclic) bond motifs is 5. The Bertz CT molecular complexity index is 2460. The zero-order chi connectivity index (χ0) is 33.5. The first-order chi connectivity index (χ1) is 24.0. The molecule has 0 atom stereocenters. The Morgan fingerprint density at radius 3 is 1.00 bits per heavy atom. The van der Waals surface area contributed by atoms with Crippen molar-refractivity contribution >= 4 is 66.4 Å². The van der Waals surface area contributed by atoms with Gasteiger partial charge < -0.3 is 9.80 Å². The molecule has 0 aliphatic carbocycles. The molecule has 0 heterocycles. The summed E-state index contributed by atoms with van der Waals surface area (Å²) in [6.45, 7) is 6.38. The number of nitriles is 1. The molecule has 3 nitrogen and oxygen atoms in total. The third-order valence-corrected chi connectivity index (χ3v) is 9.45. The van der Waals surface area contributed by atoms with E-state index in [-0.39, 0.29) is 0 Å². The molecule has 0 N–H and O–H groups in total. The highest BCUT2D eigenvalue weighted by Crippen LogP contribution is 2.47. The van der Waals surface area contributed by atoms with Gasteiger partial charge in [-0.1, -0.05) is 102 Å². The molecule has 0 amide bonds. The third kappa shape index (κ3) is 5.44. The fourth-order valence-corrected chi connectivity index (χ4v) is 6.90. The van der Waals surface area contributed by atoms with Gasteiger partial charge in [0.15, 0.2) is 0 Å². The molecule has 8 rings (SSSR count). The van der Waals surface area contributed by atoms with Crippen molar-refractivity contribution in [2.45, 2.75) is 20.8 Å².